The van der Waals surface area contributed by atoms with Crippen LogP contribution in [-0.4, -0.2) is 32.0 Å². The molecule has 2 aromatic carbocycles. The normalized spacial score (nSPS) is 10.8. The lowest BCUT2D eigenvalue weighted by Crippen LogP contribution is -2.28. The van der Waals surface area contributed by atoms with E-state index in [1.165, 1.54) is 13.2 Å². The molecular formula is C24H26N2O4. The number of nitrogens with one attached hydrogen (secondary N) is 1. The second kappa shape index (κ2) is 11.4. The van der Waals surface area contributed by atoms with Gasteiger partial charge in [0.25, 0.3) is 5.91 Å². The van der Waals surface area contributed by atoms with Crippen molar-refractivity contribution in [3.05, 3.63) is 64.7 Å². The fourth-order valence-corrected chi connectivity index (χ4v) is 2.87. The summed E-state index contributed by atoms with van der Waals surface area (Å²) in [5, 5.41) is 12.1. The van der Waals surface area contributed by atoms with Gasteiger partial charge in [-0.3, -0.25) is 9.59 Å². The summed E-state index contributed by atoms with van der Waals surface area (Å²) in [6.07, 6.45) is 3.49. The number of carbonyl (C=O) groups excluding carboxylic acids is 2. The van der Waals surface area contributed by atoms with Crippen molar-refractivity contribution in [3.63, 3.8) is 0 Å². The largest absolute Gasteiger partial charge is 0.493 e. The predicted molar refractivity (Wildman–Crippen MR) is 116 cm³/mol. The summed E-state index contributed by atoms with van der Waals surface area (Å²) in [6, 6.07) is 14.3. The van der Waals surface area contributed by atoms with Crippen molar-refractivity contribution in [1.82, 2.24) is 5.32 Å². The summed E-state index contributed by atoms with van der Waals surface area (Å²) in [5.41, 5.74) is 2.27. The topological polar surface area (TPSA) is 88.4 Å². The van der Waals surface area contributed by atoms with Gasteiger partial charge in [-0.1, -0.05) is 43.7 Å². The minimum absolute atomic E-state index is 0.0243. The summed E-state index contributed by atoms with van der Waals surface area (Å²) in [6.45, 7) is 4.32. The number of hydrogen-bond acceptors (Lipinski definition) is 5. The number of methoxy groups -OCH3 is 1. The zero-order valence-corrected chi connectivity index (χ0v) is 17.5. The number of ether oxygens (including phenoxy) is 2. The van der Waals surface area contributed by atoms with Gasteiger partial charge in [0.2, 0.25) is 5.78 Å². The van der Waals surface area contributed by atoms with Crippen molar-refractivity contribution in [3.8, 4) is 17.6 Å². The van der Waals surface area contributed by atoms with Crippen LogP contribution in [0.1, 0.15) is 41.8 Å². The minimum Gasteiger partial charge on any atom is -0.493 e. The first kappa shape index (κ1) is 22.7. The van der Waals surface area contributed by atoms with Crippen molar-refractivity contribution in [2.45, 2.75) is 26.7 Å². The lowest BCUT2D eigenvalue weighted by molar-refractivity contribution is -0.123. The molecule has 0 bridgehead atoms. The quantitative estimate of drug-likeness (QED) is 0.367. The second-order valence-corrected chi connectivity index (χ2v) is 6.60. The van der Waals surface area contributed by atoms with Crippen LogP contribution < -0.4 is 14.8 Å². The van der Waals surface area contributed by atoms with Crippen LogP contribution >= 0.6 is 0 Å². The van der Waals surface area contributed by atoms with Gasteiger partial charge in [-0.05, 0) is 42.7 Å². The first-order valence-electron chi connectivity index (χ1n) is 9.85. The molecule has 0 fully saturated rings. The van der Waals surface area contributed by atoms with Crippen LogP contribution in [0.25, 0.3) is 6.08 Å². The first-order chi connectivity index (χ1) is 14.5. The molecule has 0 saturated heterocycles. The van der Waals surface area contributed by atoms with E-state index in [0.29, 0.717) is 29.2 Å². The van der Waals surface area contributed by atoms with Gasteiger partial charge in [0.1, 0.15) is 11.6 Å². The summed E-state index contributed by atoms with van der Waals surface area (Å²) in [7, 11) is 1.48. The highest BCUT2D eigenvalue weighted by molar-refractivity contribution is 6.14. The van der Waals surface area contributed by atoms with Crippen LogP contribution in [-0.2, 0) is 11.2 Å². The Balaban J connectivity index is 2.21. The third-order valence-corrected chi connectivity index (χ3v) is 4.35. The number of ketones is 1. The predicted octanol–water partition coefficient (Wildman–Crippen LogP) is 3.95. The zero-order valence-electron chi connectivity index (χ0n) is 17.5. The van der Waals surface area contributed by atoms with E-state index in [1.807, 2.05) is 25.1 Å². The number of carbonyl (C=O) groups is 2. The van der Waals surface area contributed by atoms with Crippen molar-refractivity contribution in [2.75, 3.05) is 20.3 Å². The van der Waals surface area contributed by atoms with E-state index >= 15 is 0 Å². The third-order valence-electron chi connectivity index (χ3n) is 4.35. The molecule has 156 valence electrons. The highest BCUT2D eigenvalue weighted by atomic mass is 16.5. The molecule has 0 heterocycles. The van der Waals surface area contributed by atoms with E-state index in [4.69, 9.17) is 9.47 Å². The van der Waals surface area contributed by atoms with Crippen molar-refractivity contribution in [2.24, 2.45) is 0 Å². The van der Waals surface area contributed by atoms with E-state index in [2.05, 4.69) is 12.2 Å². The van der Waals surface area contributed by atoms with Crippen molar-refractivity contribution < 1.29 is 19.1 Å². The number of allylic oxidation sites excluding steroid dienone is 1. The molecule has 0 spiro atoms. The molecule has 2 aromatic rings. The average molecular weight is 406 g/mol. The van der Waals surface area contributed by atoms with Gasteiger partial charge in [0.15, 0.2) is 18.1 Å². The number of benzene rings is 2. The SMILES string of the molecule is CCCc1ccc(C(=O)/C(C#N)=C/c2ccc(OCC(=O)NCC)c(OC)c2)cc1. The smallest absolute Gasteiger partial charge is 0.257 e. The highest BCUT2D eigenvalue weighted by Gasteiger charge is 2.13. The summed E-state index contributed by atoms with van der Waals surface area (Å²) >= 11 is 0. The third kappa shape index (κ3) is 6.21. The fourth-order valence-electron chi connectivity index (χ4n) is 2.87. The lowest BCUT2D eigenvalue weighted by atomic mass is 10.00. The molecule has 2 rings (SSSR count). The number of hydrogen-bond donors (Lipinski definition) is 1. The molecule has 6 nitrogen and oxygen atoms in total. The molecular weight excluding hydrogens is 380 g/mol. The van der Waals surface area contributed by atoms with Gasteiger partial charge in [0.05, 0.1) is 7.11 Å². The molecule has 0 aliphatic rings. The van der Waals surface area contributed by atoms with E-state index in [0.717, 1.165) is 18.4 Å². The standard InChI is InChI=1S/C24H26N2O4/c1-4-6-17-7-10-19(11-8-17)24(28)20(15-25)13-18-9-12-21(22(14-18)29-3)30-16-23(27)26-5-2/h7-14H,4-6,16H2,1-3H3,(H,26,27)/b20-13+. The fraction of sp³-hybridized carbons (Fsp3) is 0.292. The Hall–Kier alpha value is -3.59. The number of Topliss-reactive ketones (excluding diaryl/α,β-unsaturated/α-hetero) is 1. The zero-order chi connectivity index (χ0) is 21.9. The first-order valence-corrected chi connectivity index (χ1v) is 9.85. The van der Waals surface area contributed by atoms with Crippen LogP contribution in [0.5, 0.6) is 11.5 Å². The van der Waals surface area contributed by atoms with Gasteiger partial charge in [-0.15, -0.1) is 0 Å². The maximum absolute atomic E-state index is 12.7. The van der Waals surface area contributed by atoms with Gasteiger partial charge in [0, 0.05) is 12.1 Å². The van der Waals surface area contributed by atoms with Gasteiger partial charge >= 0.3 is 0 Å². The Morgan fingerprint density at radius 1 is 1.10 bits per heavy atom. The Bertz CT molecular complexity index is 956. The number of nitrogens with zero attached hydrogens (tertiary/aromatic N) is 1. The average Bonchev–Trinajstić information content (AvgIpc) is 2.76. The molecule has 0 aliphatic carbocycles. The second-order valence-electron chi connectivity index (χ2n) is 6.60. The molecule has 0 unspecified atom stereocenters. The van der Waals surface area contributed by atoms with E-state index < -0.39 is 0 Å². The molecule has 0 aromatic heterocycles. The van der Waals surface area contributed by atoms with Crippen LogP contribution in [0.3, 0.4) is 0 Å². The number of nitriles is 1. The van der Waals surface area contributed by atoms with Crippen LogP contribution in [0.15, 0.2) is 48.0 Å². The molecule has 0 radical (unpaired) electrons. The van der Waals surface area contributed by atoms with Crippen molar-refractivity contribution >= 4 is 17.8 Å². The minimum atomic E-state index is -0.337. The molecule has 0 aliphatic heterocycles. The van der Waals surface area contributed by atoms with Gasteiger partial charge < -0.3 is 14.8 Å². The molecule has 6 heteroatoms. The number of amides is 1. The van der Waals surface area contributed by atoms with E-state index in [-0.39, 0.29) is 23.9 Å². The highest BCUT2D eigenvalue weighted by Crippen LogP contribution is 2.29. The maximum atomic E-state index is 12.7. The molecule has 1 N–H and O–H groups in total. The number of rotatable bonds is 10. The Morgan fingerprint density at radius 3 is 2.43 bits per heavy atom. The van der Waals surface area contributed by atoms with Crippen LogP contribution in [0.4, 0.5) is 0 Å². The lowest BCUT2D eigenvalue weighted by Gasteiger charge is -2.11. The number of aryl methyl sites for hydroxylation is 1. The summed E-state index contributed by atoms with van der Waals surface area (Å²) in [5.74, 6) is 0.237. The Morgan fingerprint density at radius 2 is 1.83 bits per heavy atom. The van der Waals surface area contributed by atoms with Crippen LogP contribution in [0, 0.1) is 11.3 Å². The van der Waals surface area contributed by atoms with E-state index in [9.17, 15) is 14.9 Å². The van der Waals surface area contributed by atoms with Gasteiger partial charge in [-0.2, -0.15) is 5.26 Å². The molecule has 30 heavy (non-hydrogen) atoms. The van der Waals surface area contributed by atoms with Crippen molar-refractivity contribution in [1.29, 1.82) is 5.26 Å². The molecule has 1 amide bonds. The number of likely N-dealkylation sites (N-methyl/N-ethyl adjacent to an activating group) is 1. The molecule has 0 saturated carbocycles. The molecule has 0 atom stereocenters. The summed E-state index contributed by atoms with van der Waals surface area (Å²) in [4.78, 5) is 24.3. The Labute approximate surface area is 177 Å². The van der Waals surface area contributed by atoms with E-state index in [1.54, 1.807) is 30.3 Å². The Kier molecular flexibility index (Phi) is 8.64. The summed E-state index contributed by atoms with van der Waals surface area (Å²) < 4.78 is 10.8. The maximum Gasteiger partial charge on any atom is 0.257 e. The monoisotopic (exact) mass is 406 g/mol. The van der Waals surface area contributed by atoms with Gasteiger partial charge in [-0.25, -0.2) is 0 Å². The van der Waals surface area contributed by atoms with Crippen LogP contribution in [0.2, 0.25) is 0 Å².